The average Bonchev–Trinajstić information content (AvgIpc) is 2.48. The fourth-order valence-corrected chi connectivity index (χ4v) is 3.62. The van der Waals surface area contributed by atoms with E-state index in [1.807, 2.05) is 7.05 Å². The van der Waals surface area contributed by atoms with Crippen molar-refractivity contribution in [2.75, 3.05) is 20.1 Å². The molecule has 0 aromatic heterocycles. The number of amides is 1. The summed E-state index contributed by atoms with van der Waals surface area (Å²) in [7, 11) is 2.02. The Labute approximate surface area is 134 Å². The minimum Gasteiger partial charge on any atom is -0.342 e. The van der Waals surface area contributed by atoms with Crippen LogP contribution in [0.15, 0.2) is 24.3 Å². The zero-order valence-corrected chi connectivity index (χ0v) is 13.9. The van der Waals surface area contributed by atoms with Crippen LogP contribution in [0.2, 0.25) is 0 Å². The second-order valence-corrected chi connectivity index (χ2v) is 7.01. The summed E-state index contributed by atoms with van der Waals surface area (Å²) in [5.74, 6) is 0.721. The van der Waals surface area contributed by atoms with Gasteiger partial charge in [0.15, 0.2) is 0 Å². The normalized spacial score (nSPS) is 20.6. The number of nitrogens with zero attached hydrogens (tertiary/aromatic N) is 2. The van der Waals surface area contributed by atoms with Crippen LogP contribution in [0.5, 0.6) is 0 Å². The second kappa shape index (κ2) is 6.82. The molecule has 1 aliphatic heterocycles. The molecule has 1 heterocycles. The van der Waals surface area contributed by atoms with Crippen LogP contribution >= 0.6 is 0 Å². The third kappa shape index (κ3) is 3.35. The monoisotopic (exact) mass is 300 g/mol. The molecule has 0 N–H and O–H groups in total. The summed E-state index contributed by atoms with van der Waals surface area (Å²) < 4.78 is 0. The van der Waals surface area contributed by atoms with E-state index < -0.39 is 0 Å². The van der Waals surface area contributed by atoms with Crippen molar-refractivity contribution in [3.8, 4) is 0 Å². The highest BCUT2D eigenvalue weighted by Crippen LogP contribution is 2.29. The van der Waals surface area contributed by atoms with Crippen molar-refractivity contribution in [3.05, 3.63) is 35.4 Å². The number of rotatable bonds is 4. The number of carbonyl (C=O) groups is 1. The van der Waals surface area contributed by atoms with Crippen LogP contribution in [0, 0.1) is 12.8 Å². The van der Waals surface area contributed by atoms with Gasteiger partial charge in [0.05, 0.1) is 0 Å². The van der Waals surface area contributed by atoms with Gasteiger partial charge in [0.1, 0.15) is 0 Å². The van der Waals surface area contributed by atoms with Crippen LogP contribution in [0.4, 0.5) is 0 Å². The summed E-state index contributed by atoms with van der Waals surface area (Å²) in [6.45, 7) is 5.43. The quantitative estimate of drug-likeness (QED) is 0.852. The smallest absolute Gasteiger partial charge is 0.225 e. The molecule has 22 heavy (non-hydrogen) atoms. The molecule has 0 bridgehead atoms. The van der Waals surface area contributed by atoms with Crippen LogP contribution in [-0.2, 0) is 11.3 Å². The van der Waals surface area contributed by atoms with E-state index >= 15 is 0 Å². The van der Waals surface area contributed by atoms with Gasteiger partial charge in [0.25, 0.3) is 0 Å². The van der Waals surface area contributed by atoms with Crippen LogP contribution in [0.3, 0.4) is 0 Å². The SMILES string of the molecule is Cc1ccccc1CN1CCC(N(C)C(=O)C2CCC2)CC1. The Morgan fingerprint density at radius 2 is 1.86 bits per heavy atom. The summed E-state index contributed by atoms with van der Waals surface area (Å²) in [5.41, 5.74) is 2.81. The highest BCUT2D eigenvalue weighted by Gasteiger charge is 2.32. The number of piperidine rings is 1. The van der Waals surface area contributed by atoms with Crippen molar-refractivity contribution in [1.29, 1.82) is 0 Å². The second-order valence-electron chi connectivity index (χ2n) is 7.01. The molecule has 0 atom stereocenters. The minimum atomic E-state index is 0.329. The van der Waals surface area contributed by atoms with E-state index in [-0.39, 0.29) is 0 Å². The van der Waals surface area contributed by atoms with E-state index in [4.69, 9.17) is 0 Å². The number of likely N-dealkylation sites (tertiary alicyclic amines) is 1. The lowest BCUT2D eigenvalue weighted by molar-refractivity contribution is -0.139. The minimum absolute atomic E-state index is 0.329. The van der Waals surface area contributed by atoms with Crippen LogP contribution in [0.1, 0.15) is 43.2 Å². The van der Waals surface area contributed by atoms with Gasteiger partial charge in [-0.05, 0) is 43.7 Å². The van der Waals surface area contributed by atoms with Gasteiger partial charge in [-0.15, -0.1) is 0 Å². The Bertz CT molecular complexity index is 516. The Morgan fingerprint density at radius 1 is 1.18 bits per heavy atom. The van der Waals surface area contributed by atoms with Crippen LogP contribution < -0.4 is 0 Å². The van der Waals surface area contributed by atoms with Gasteiger partial charge in [-0.3, -0.25) is 9.69 Å². The molecule has 1 aromatic rings. The standard InChI is InChI=1S/C19H28N2O/c1-15-6-3-4-7-17(15)14-21-12-10-18(11-13-21)20(2)19(22)16-8-5-9-16/h3-4,6-7,16,18H,5,8-14H2,1-2H3. The van der Waals surface area contributed by atoms with Crippen molar-refractivity contribution in [3.63, 3.8) is 0 Å². The molecular weight excluding hydrogens is 272 g/mol. The topological polar surface area (TPSA) is 23.6 Å². The summed E-state index contributed by atoms with van der Waals surface area (Å²) in [4.78, 5) is 16.9. The van der Waals surface area contributed by atoms with E-state index in [9.17, 15) is 4.79 Å². The van der Waals surface area contributed by atoms with E-state index in [0.29, 0.717) is 17.9 Å². The molecule has 1 saturated heterocycles. The summed E-state index contributed by atoms with van der Waals surface area (Å²) >= 11 is 0. The maximum absolute atomic E-state index is 12.4. The molecule has 3 heteroatoms. The van der Waals surface area contributed by atoms with Crippen LogP contribution in [-0.4, -0.2) is 41.9 Å². The van der Waals surface area contributed by atoms with Crippen LogP contribution in [0.25, 0.3) is 0 Å². The first kappa shape index (κ1) is 15.5. The first-order valence-corrected chi connectivity index (χ1v) is 8.68. The predicted molar refractivity (Wildman–Crippen MR) is 89.6 cm³/mol. The maximum atomic E-state index is 12.4. The number of hydrogen-bond donors (Lipinski definition) is 0. The fraction of sp³-hybridized carbons (Fsp3) is 0.632. The maximum Gasteiger partial charge on any atom is 0.225 e. The van der Waals surface area contributed by atoms with Crippen molar-refractivity contribution < 1.29 is 4.79 Å². The predicted octanol–water partition coefficient (Wildman–Crippen LogP) is 3.22. The van der Waals surface area contributed by atoms with Gasteiger partial charge in [0.2, 0.25) is 5.91 Å². The van der Waals surface area contributed by atoms with Gasteiger partial charge in [-0.25, -0.2) is 0 Å². The summed E-state index contributed by atoms with van der Waals surface area (Å²) in [6.07, 6.45) is 5.67. The third-order valence-electron chi connectivity index (χ3n) is 5.56. The molecule has 120 valence electrons. The molecule has 0 unspecified atom stereocenters. The lowest BCUT2D eigenvalue weighted by atomic mass is 9.84. The fourth-order valence-electron chi connectivity index (χ4n) is 3.62. The van der Waals surface area contributed by atoms with Crippen molar-refractivity contribution >= 4 is 5.91 Å². The first-order chi connectivity index (χ1) is 10.6. The molecule has 1 aromatic carbocycles. The Hall–Kier alpha value is -1.35. The lowest BCUT2D eigenvalue weighted by Crippen LogP contribution is -2.48. The van der Waals surface area contributed by atoms with E-state index in [1.54, 1.807) is 0 Å². The molecule has 0 radical (unpaired) electrons. The molecule has 1 saturated carbocycles. The number of hydrogen-bond acceptors (Lipinski definition) is 2. The number of aryl methyl sites for hydroxylation is 1. The van der Waals surface area contributed by atoms with Gasteiger partial charge in [0, 0.05) is 38.6 Å². The number of carbonyl (C=O) groups excluding carboxylic acids is 1. The highest BCUT2D eigenvalue weighted by atomic mass is 16.2. The van der Waals surface area contributed by atoms with Gasteiger partial charge >= 0.3 is 0 Å². The molecule has 1 aliphatic carbocycles. The highest BCUT2D eigenvalue weighted by molar-refractivity contribution is 5.79. The van der Waals surface area contributed by atoms with Crippen molar-refractivity contribution in [2.45, 2.75) is 51.6 Å². The molecule has 3 nitrogen and oxygen atoms in total. The Balaban J connectivity index is 1.50. The van der Waals surface area contributed by atoms with Gasteiger partial charge in [-0.1, -0.05) is 30.7 Å². The summed E-state index contributed by atoms with van der Waals surface area (Å²) in [5, 5.41) is 0. The lowest BCUT2D eigenvalue weighted by Gasteiger charge is -2.39. The Morgan fingerprint density at radius 3 is 2.45 bits per heavy atom. The largest absolute Gasteiger partial charge is 0.342 e. The third-order valence-corrected chi connectivity index (χ3v) is 5.56. The molecule has 1 amide bonds. The molecular formula is C19H28N2O. The molecule has 0 spiro atoms. The van der Waals surface area contributed by atoms with Crippen molar-refractivity contribution in [1.82, 2.24) is 9.80 Å². The van der Waals surface area contributed by atoms with Gasteiger partial charge in [-0.2, -0.15) is 0 Å². The first-order valence-electron chi connectivity index (χ1n) is 8.68. The zero-order chi connectivity index (χ0) is 15.5. The summed E-state index contributed by atoms with van der Waals surface area (Å²) in [6, 6.07) is 9.09. The molecule has 2 aliphatic rings. The van der Waals surface area contributed by atoms with Crippen molar-refractivity contribution in [2.24, 2.45) is 5.92 Å². The molecule has 3 rings (SSSR count). The van der Waals surface area contributed by atoms with E-state index in [0.717, 1.165) is 45.3 Å². The number of benzene rings is 1. The molecule has 2 fully saturated rings. The average molecular weight is 300 g/mol. The Kier molecular flexibility index (Phi) is 4.82. The zero-order valence-electron chi connectivity index (χ0n) is 13.9. The van der Waals surface area contributed by atoms with E-state index in [2.05, 4.69) is 41.0 Å². The van der Waals surface area contributed by atoms with E-state index in [1.165, 1.54) is 17.5 Å². The van der Waals surface area contributed by atoms with Gasteiger partial charge < -0.3 is 4.90 Å².